The van der Waals surface area contributed by atoms with Crippen molar-refractivity contribution in [2.24, 2.45) is 5.73 Å². The average molecular weight is 420 g/mol. The number of nitrogens with zero attached hydrogens (tertiary/aromatic N) is 1. The maximum Gasteiger partial charge on any atom is 0.178 e. The Hall–Kier alpha value is -2.31. The average Bonchev–Trinajstić information content (AvgIpc) is 3.07. The van der Waals surface area contributed by atoms with E-state index in [1.165, 1.54) is 28.5 Å². The molecule has 0 radical (unpaired) electrons. The number of thioether (sulfide) groups is 1. The van der Waals surface area contributed by atoms with E-state index < -0.39 is 5.56 Å². The standard InChI is InChI=1S/C25H29N3OS/c1-25(2,26)17-28(15-18-7-4-3-5-8-18)16-19-9-6-10-20(13-19)21-11-12-22-23(14-21)30-24(29)27-22/h3-14,24,27,29H,15-17,26H2,1-2H3. The largest absolute Gasteiger partial charge is 0.364 e. The molecule has 3 aromatic rings. The fourth-order valence-electron chi connectivity index (χ4n) is 3.89. The van der Waals surface area contributed by atoms with E-state index >= 15 is 0 Å². The zero-order chi connectivity index (χ0) is 21.1. The molecule has 0 fully saturated rings. The summed E-state index contributed by atoms with van der Waals surface area (Å²) in [5.74, 6) is 0. The highest BCUT2D eigenvalue weighted by Crippen LogP contribution is 2.39. The Balaban J connectivity index is 1.55. The van der Waals surface area contributed by atoms with Crippen molar-refractivity contribution in [1.82, 2.24) is 4.90 Å². The van der Waals surface area contributed by atoms with E-state index in [0.29, 0.717) is 0 Å². The molecule has 0 saturated carbocycles. The summed E-state index contributed by atoms with van der Waals surface area (Å²) >= 11 is 1.44. The highest BCUT2D eigenvalue weighted by Gasteiger charge is 2.20. The normalized spacial score (nSPS) is 15.8. The fraction of sp³-hybridized carbons (Fsp3) is 0.280. The summed E-state index contributed by atoms with van der Waals surface area (Å²) < 4.78 is 0. The van der Waals surface area contributed by atoms with E-state index in [1.807, 2.05) is 12.1 Å². The first-order valence-electron chi connectivity index (χ1n) is 10.3. The predicted molar refractivity (Wildman–Crippen MR) is 126 cm³/mol. The van der Waals surface area contributed by atoms with Gasteiger partial charge in [-0.25, -0.2) is 0 Å². The van der Waals surface area contributed by atoms with Gasteiger partial charge in [-0.15, -0.1) is 0 Å². The van der Waals surface area contributed by atoms with Crippen molar-refractivity contribution in [1.29, 1.82) is 0 Å². The molecule has 5 heteroatoms. The smallest absolute Gasteiger partial charge is 0.178 e. The summed E-state index contributed by atoms with van der Waals surface area (Å²) in [5.41, 5.74) is 11.4. The molecule has 0 spiro atoms. The van der Waals surface area contributed by atoms with Crippen LogP contribution in [-0.2, 0) is 13.1 Å². The third kappa shape index (κ3) is 5.43. The van der Waals surface area contributed by atoms with Crippen molar-refractivity contribution >= 4 is 17.4 Å². The van der Waals surface area contributed by atoms with Crippen LogP contribution in [0.5, 0.6) is 0 Å². The lowest BCUT2D eigenvalue weighted by Gasteiger charge is -2.30. The molecule has 1 atom stereocenters. The Morgan fingerprint density at radius 1 is 0.933 bits per heavy atom. The van der Waals surface area contributed by atoms with Crippen LogP contribution < -0.4 is 11.1 Å². The molecule has 3 aromatic carbocycles. The minimum Gasteiger partial charge on any atom is -0.364 e. The second-order valence-corrected chi connectivity index (χ2v) is 9.77. The van der Waals surface area contributed by atoms with Gasteiger partial charge in [0.1, 0.15) is 0 Å². The van der Waals surface area contributed by atoms with E-state index in [1.54, 1.807) is 0 Å². The van der Waals surface area contributed by atoms with Gasteiger partial charge in [-0.05, 0) is 54.3 Å². The second kappa shape index (κ2) is 8.82. The molecule has 0 bridgehead atoms. The third-order valence-electron chi connectivity index (χ3n) is 5.05. The maximum absolute atomic E-state index is 9.81. The molecule has 0 amide bonds. The van der Waals surface area contributed by atoms with Gasteiger partial charge in [0.05, 0.1) is 5.69 Å². The summed E-state index contributed by atoms with van der Waals surface area (Å²) in [6.45, 7) is 6.66. The Bertz CT molecular complexity index is 1000. The van der Waals surface area contributed by atoms with Gasteiger partial charge in [0, 0.05) is 30.1 Å². The Labute approximate surface area is 183 Å². The van der Waals surface area contributed by atoms with Crippen LogP contribution in [0.25, 0.3) is 11.1 Å². The van der Waals surface area contributed by atoms with Crippen LogP contribution in [0, 0.1) is 0 Å². The molecule has 1 heterocycles. The molecule has 4 nitrogen and oxygen atoms in total. The summed E-state index contributed by atoms with van der Waals surface area (Å²) in [6.07, 6.45) is 0. The lowest BCUT2D eigenvalue weighted by Crippen LogP contribution is -2.44. The van der Waals surface area contributed by atoms with Gasteiger partial charge in [-0.1, -0.05) is 66.4 Å². The number of nitrogens with two attached hydrogens (primary N) is 1. The number of rotatable bonds is 7. The van der Waals surface area contributed by atoms with Crippen LogP contribution in [0.3, 0.4) is 0 Å². The van der Waals surface area contributed by atoms with E-state index in [2.05, 4.69) is 84.7 Å². The van der Waals surface area contributed by atoms with Crippen LogP contribution in [0.15, 0.2) is 77.7 Å². The fourth-order valence-corrected chi connectivity index (χ4v) is 4.77. The van der Waals surface area contributed by atoms with Gasteiger partial charge in [0.15, 0.2) is 5.56 Å². The first-order chi connectivity index (χ1) is 14.4. The molecule has 1 aliphatic heterocycles. The Morgan fingerprint density at radius 2 is 1.63 bits per heavy atom. The van der Waals surface area contributed by atoms with Gasteiger partial charge in [-0.2, -0.15) is 0 Å². The van der Waals surface area contributed by atoms with E-state index in [-0.39, 0.29) is 5.54 Å². The number of aliphatic hydroxyl groups is 1. The van der Waals surface area contributed by atoms with Crippen LogP contribution in [0.1, 0.15) is 25.0 Å². The maximum atomic E-state index is 9.81. The van der Waals surface area contributed by atoms with Gasteiger partial charge in [0.2, 0.25) is 0 Å². The molecule has 156 valence electrons. The van der Waals surface area contributed by atoms with Crippen molar-refractivity contribution in [3.63, 3.8) is 0 Å². The molecule has 4 N–H and O–H groups in total. The highest BCUT2D eigenvalue weighted by molar-refractivity contribution is 8.00. The summed E-state index contributed by atoms with van der Waals surface area (Å²) in [7, 11) is 0. The zero-order valence-electron chi connectivity index (χ0n) is 17.5. The zero-order valence-corrected chi connectivity index (χ0v) is 18.3. The summed E-state index contributed by atoms with van der Waals surface area (Å²) in [5, 5.41) is 12.9. The minimum absolute atomic E-state index is 0.266. The van der Waals surface area contributed by atoms with E-state index in [9.17, 15) is 5.11 Å². The number of anilines is 1. The first-order valence-corrected chi connectivity index (χ1v) is 11.1. The van der Waals surface area contributed by atoms with Crippen molar-refractivity contribution in [2.75, 3.05) is 11.9 Å². The molecule has 0 saturated heterocycles. The molecule has 1 unspecified atom stereocenters. The molecule has 0 aliphatic carbocycles. The number of hydrogen-bond donors (Lipinski definition) is 3. The van der Waals surface area contributed by atoms with Gasteiger partial charge in [0.25, 0.3) is 0 Å². The molecule has 30 heavy (non-hydrogen) atoms. The minimum atomic E-state index is -0.562. The SMILES string of the molecule is CC(C)(N)CN(Cc1ccccc1)Cc1cccc(-c2ccc3c(c2)SC(O)N3)c1. The van der Waals surface area contributed by atoms with Crippen LogP contribution in [-0.4, -0.2) is 27.7 Å². The molecule has 4 rings (SSSR count). The van der Waals surface area contributed by atoms with Crippen molar-refractivity contribution in [2.45, 2.75) is 42.9 Å². The van der Waals surface area contributed by atoms with Crippen LogP contribution >= 0.6 is 11.8 Å². The summed E-state index contributed by atoms with van der Waals surface area (Å²) in [4.78, 5) is 3.49. The quantitative estimate of drug-likeness (QED) is 0.509. The third-order valence-corrected chi connectivity index (χ3v) is 5.98. The summed E-state index contributed by atoms with van der Waals surface area (Å²) in [6, 6.07) is 25.5. The molecular formula is C25H29N3OS. The van der Waals surface area contributed by atoms with Crippen LogP contribution in [0.4, 0.5) is 5.69 Å². The number of hydrogen-bond acceptors (Lipinski definition) is 5. The topological polar surface area (TPSA) is 61.5 Å². The number of fused-ring (bicyclic) bond motifs is 1. The lowest BCUT2D eigenvalue weighted by molar-refractivity contribution is 0.210. The monoisotopic (exact) mass is 419 g/mol. The van der Waals surface area contributed by atoms with Crippen molar-refractivity contribution in [3.05, 3.63) is 83.9 Å². The van der Waals surface area contributed by atoms with Crippen molar-refractivity contribution < 1.29 is 5.11 Å². The Morgan fingerprint density at radius 3 is 2.40 bits per heavy atom. The number of aliphatic hydroxyl groups excluding tert-OH is 1. The van der Waals surface area contributed by atoms with Gasteiger partial charge >= 0.3 is 0 Å². The molecule has 1 aliphatic rings. The van der Waals surface area contributed by atoms with E-state index in [4.69, 9.17) is 5.73 Å². The van der Waals surface area contributed by atoms with Gasteiger partial charge < -0.3 is 16.2 Å². The lowest BCUT2D eigenvalue weighted by atomic mass is 10.0. The van der Waals surface area contributed by atoms with Crippen molar-refractivity contribution in [3.8, 4) is 11.1 Å². The number of nitrogens with one attached hydrogen (secondary N) is 1. The first kappa shape index (κ1) is 20.9. The second-order valence-electron chi connectivity index (χ2n) is 8.65. The number of benzene rings is 3. The van der Waals surface area contributed by atoms with Crippen LogP contribution in [0.2, 0.25) is 0 Å². The highest BCUT2D eigenvalue weighted by atomic mass is 32.2. The van der Waals surface area contributed by atoms with Gasteiger partial charge in [-0.3, -0.25) is 4.90 Å². The Kier molecular flexibility index (Phi) is 6.16. The predicted octanol–water partition coefficient (Wildman–Crippen LogP) is 4.89. The molecular weight excluding hydrogens is 390 g/mol. The van der Waals surface area contributed by atoms with E-state index in [0.717, 1.165) is 35.8 Å². The molecule has 0 aromatic heterocycles.